The normalized spacial score (nSPS) is 10.7. The van der Waals surface area contributed by atoms with E-state index in [0.29, 0.717) is 23.3 Å². The molecule has 16 heavy (non-hydrogen) atoms. The van der Waals surface area contributed by atoms with Crippen molar-refractivity contribution in [3.8, 4) is 0 Å². The van der Waals surface area contributed by atoms with Crippen molar-refractivity contribution in [2.75, 3.05) is 26.4 Å². The lowest BCUT2D eigenvalue weighted by Gasteiger charge is -2.06. The fourth-order valence-corrected chi connectivity index (χ4v) is 1.86. The van der Waals surface area contributed by atoms with Crippen molar-refractivity contribution in [1.82, 2.24) is 0 Å². The van der Waals surface area contributed by atoms with Gasteiger partial charge in [0.2, 0.25) is 0 Å². The Balaban J connectivity index is 2.26. The summed E-state index contributed by atoms with van der Waals surface area (Å²) in [6, 6.07) is 5.50. The lowest BCUT2D eigenvalue weighted by molar-refractivity contribution is -0.672. The third-order valence-corrected chi connectivity index (χ3v) is 2.82. The molecule has 0 saturated heterocycles. The molecule has 0 saturated carbocycles. The Labute approximate surface area is 105 Å². The van der Waals surface area contributed by atoms with E-state index in [4.69, 9.17) is 33.0 Å². The Bertz CT molecular complexity index is 301. The predicted molar refractivity (Wildman–Crippen MR) is 64.9 cm³/mol. The van der Waals surface area contributed by atoms with Gasteiger partial charge >= 0.3 is 0 Å². The van der Waals surface area contributed by atoms with E-state index in [-0.39, 0.29) is 6.61 Å². The number of aliphatic hydroxyl groups excluding tert-OH is 1. The number of aliphatic hydroxyl groups is 1. The minimum absolute atomic E-state index is 0.0658. The Morgan fingerprint density at radius 3 is 2.50 bits per heavy atom. The standard InChI is InChI=1S/C11H15Cl2NO2/c12-10-2-1-3-11(13)9(10)8-14-4-6-16-7-5-15/h1-3,14-15H,4-8H2/p+1. The molecule has 0 bridgehead atoms. The van der Waals surface area contributed by atoms with Gasteiger partial charge in [-0.2, -0.15) is 0 Å². The fourth-order valence-electron chi connectivity index (χ4n) is 1.31. The van der Waals surface area contributed by atoms with Crippen molar-refractivity contribution in [2.24, 2.45) is 0 Å². The van der Waals surface area contributed by atoms with Crippen LogP contribution in [0.4, 0.5) is 0 Å². The van der Waals surface area contributed by atoms with Gasteiger partial charge in [-0.25, -0.2) is 0 Å². The largest absolute Gasteiger partial charge is 0.394 e. The quantitative estimate of drug-likeness (QED) is 0.724. The number of rotatable bonds is 7. The molecule has 0 aliphatic heterocycles. The van der Waals surface area contributed by atoms with E-state index in [1.165, 1.54) is 0 Å². The van der Waals surface area contributed by atoms with Gasteiger partial charge in [-0.15, -0.1) is 0 Å². The van der Waals surface area contributed by atoms with Gasteiger partial charge < -0.3 is 15.2 Å². The summed E-state index contributed by atoms with van der Waals surface area (Å²) in [5, 5.41) is 12.0. The summed E-state index contributed by atoms with van der Waals surface area (Å²) < 4.78 is 5.13. The molecule has 0 heterocycles. The summed E-state index contributed by atoms with van der Waals surface area (Å²) in [6.45, 7) is 2.63. The Hall–Kier alpha value is -0.320. The maximum absolute atomic E-state index is 8.50. The van der Waals surface area contributed by atoms with Crippen molar-refractivity contribution in [1.29, 1.82) is 0 Å². The molecule has 0 spiro atoms. The smallest absolute Gasteiger partial charge is 0.104 e. The first-order chi connectivity index (χ1) is 7.75. The second-order valence-electron chi connectivity index (χ2n) is 3.32. The monoisotopic (exact) mass is 264 g/mol. The molecule has 1 aromatic rings. The van der Waals surface area contributed by atoms with E-state index in [2.05, 4.69) is 5.32 Å². The average molecular weight is 265 g/mol. The molecule has 0 aromatic heterocycles. The molecule has 0 aliphatic rings. The molecule has 90 valence electrons. The highest BCUT2D eigenvalue weighted by Gasteiger charge is 2.06. The molecule has 3 nitrogen and oxygen atoms in total. The number of halogens is 2. The highest BCUT2D eigenvalue weighted by atomic mass is 35.5. The van der Waals surface area contributed by atoms with E-state index >= 15 is 0 Å². The van der Waals surface area contributed by atoms with E-state index < -0.39 is 0 Å². The third-order valence-electron chi connectivity index (χ3n) is 2.11. The molecular formula is C11H16Cl2NO2+. The van der Waals surface area contributed by atoms with Crippen LogP contribution in [0.25, 0.3) is 0 Å². The number of hydrogen-bond donors (Lipinski definition) is 2. The van der Waals surface area contributed by atoms with Gasteiger partial charge in [-0.3, -0.25) is 0 Å². The first-order valence-corrected chi connectivity index (χ1v) is 5.94. The zero-order chi connectivity index (χ0) is 11.8. The molecule has 1 aromatic carbocycles. The zero-order valence-corrected chi connectivity index (χ0v) is 10.5. The molecule has 0 atom stereocenters. The van der Waals surface area contributed by atoms with E-state index in [0.717, 1.165) is 18.7 Å². The van der Waals surface area contributed by atoms with Crippen LogP contribution in [-0.2, 0) is 11.3 Å². The van der Waals surface area contributed by atoms with Crippen LogP contribution in [0.2, 0.25) is 10.0 Å². The maximum atomic E-state index is 8.50. The zero-order valence-electron chi connectivity index (χ0n) is 8.96. The van der Waals surface area contributed by atoms with Gasteiger partial charge in [-0.1, -0.05) is 29.3 Å². The Kier molecular flexibility index (Phi) is 6.76. The van der Waals surface area contributed by atoms with Crippen molar-refractivity contribution < 1.29 is 15.2 Å². The summed E-state index contributed by atoms with van der Waals surface area (Å²) in [5.74, 6) is 0. The summed E-state index contributed by atoms with van der Waals surface area (Å²) in [5.41, 5.74) is 0.952. The number of benzene rings is 1. The minimum Gasteiger partial charge on any atom is -0.394 e. The summed E-state index contributed by atoms with van der Waals surface area (Å²) in [4.78, 5) is 0. The van der Waals surface area contributed by atoms with Crippen molar-refractivity contribution in [3.05, 3.63) is 33.8 Å². The molecule has 0 aliphatic carbocycles. The topological polar surface area (TPSA) is 46.1 Å². The van der Waals surface area contributed by atoms with E-state index in [1.54, 1.807) is 0 Å². The first-order valence-electron chi connectivity index (χ1n) is 5.19. The van der Waals surface area contributed by atoms with Crippen molar-refractivity contribution >= 4 is 23.2 Å². The number of nitrogens with two attached hydrogens (primary N) is 1. The first kappa shape index (κ1) is 13.7. The van der Waals surface area contributed by atoms with Crippen molar-refractivity contribution in [3.63, 3.8) is 0 Å². The van der Waals surface area contributed by atoms with Gasteiger partial charge in [0.05, 0.1) is 36.4 Å². The molecule has 3 N–H and O–H groups in total. The number of hydrogen-bond acceptors (Lipinski definition) is 2. The van der Waals surface area contributed by atoms with Gasteiger partial charge in [0.15, 0.2) is 0 Å². The van der Waals surface area contributed by atoms with Crippen LogP contribution in [0.5, 0.6) is 0 Å². The fraction of sp³-hybridized carbons (Fsp3) is 0.455. The van der Waals surface area contributed by atoms with Crippen LogP contribution in [0, 0.1) is 0 Å². The van der Waals surface area contributed by atoms with Gasteiger partial charge in [0, 0.05) is 5.56 Å². The van der Waals surface area contributed by atoms with Gasteiger partial charge in [0.25, 0.3) is 0 Å². The second kappa shape index (κ2) is 7.87. The molecule has 0 amide bonds. The maximum Gasteiger partial charge on any atom is 0.104 e. The van der Waals surface area contributed by atoms with Gasteiger partial charge in [-0.05, 0) is 12.1 Å². The van der Waals surface area contributed by atoms with Crippen LogP contribution >= 0.6 is 23.2 Å². The Morgan fingerprint density at radius 2 is 1.88 bits per heavy atom. The van der Waals surface area contributed by atoms with E-state index in [1.807, 2.05) is 18.2 Å². The molecule has 0 radical (unpaired) electrons. The van der Waals surface area contributed by atoms with Crippen molar-refractivity contribution in [2.45, 2.75) is 6.54 Å². The van der Waals surface area contributed by atoms with E-state index in [9.17, 15) is 0 Å². The minimum atomic E-state index is 0.0658. The molecule has 0 fully saturated rings. The highest BCUT2D eigenvalue weighted by Crippen LogP contribution is 2.22. The molecular weight excluding hydrogens is 249 g/mol. The lowest BCUT2D eigenvalue weighted by atomic mass is 10.2. The summed E-state index contributed by atoms with van der Waals surface area (Å²) in [6.07, 6.45) is 0. The number of ether oxygens (including phenoxy) is 1. The van der Waals surface area contributed by atoms with Crippen LogP contribution in [0.3, 0.4) is 0 Å². The van der Waals surface area contributed by atoms with Crippen LogP contribution in [-0.4, -0.2) is 31.5 Å². The number of quaternary nitrogens is 1. The SMILES string of the molecule is OCCOCC[NH2+]Cc1c(Cl)cccc1Cl. The van der Waals surface area contributed by atoms with Crippen LogP contribution in [0.15, 0.2) is 18.2 Å². The summed E-state index contributed by atoms with van der Waals surface area (Å²) in [7, 11) is 0. The predicted octanol–water partition coefficient (Wildman–Crippen LogP) is 1.07. The van der Waals surface area contributed by atoms with Crippen LogP contribution < -0.4 is 5.32 Å². The third kappa shape index (κ3) is 4.68. The summed E-state index contributed by atoms with van der Waals surface area (Å²) >= 11 is 12.0. The Morgan fingerprint density at radius 1 is 1.19 bits per heavy atom. The van der Waals surface area contributed by atoms with Crippen LogP contribution in [0.1, 0.15) is 5.56 Å². The van der Waals surface area contributed by atoms with Gasteiger partial charge in [0.1, 0.15) is 6.54 Å². The lowest BCUT2D eigenvalue weighted by Crippen LogP contribution is -2.83. The molecule has 1 rings (SSSR count). The molecule has 0 unspecified atom stereocenters. The second-order valence-corrected chi connectivity index (χ2v) is 4.13. The average Bonchev–Trinajstić information content (AvgIpc) is 2.26. The highest BCUT2D eigenvalue weighted by molar-refractivity contribution is 6.35. The molecule has 5 heteroatoms.